The summed E-state index contributed by atoms with van der Waals surface area (Å²) >= 11 is 0. The minimum Gasteiger partial charge on any atom is -0.326 e. The van der Waals surface area contributed by atoms with Crippen LogP contribution in [0.3, 0.4) is 0 Å². The number of carbonyl (C=O) groups excluding carboxylic acids is 1. The Morgan fingerprint density at radius 2 is 1.87 bits per heavy atom. The minimum atomic E-state index is -3.66. The van der Waals surface area contributed by atoms with Crippen molar-refractivity contribution in [1.29, 1.82) is 0 Å². The molecule has 0 unspecified atom stereocenters. The zero-order chi connectivity index (χ0) is 22.7. The van der Waals surface area contributed by atoms with E-state index in [2.05, 4.69) is 29.0 Å². The standard InChI is InChI=1S/C22H34N4O3S/c1-15(2)14-26-17(4)20(16(3)24-26)11-12-21(27)23-18-9-8-10-19(13-18)30(28,29)25-22(5,6)7/h8-10,13,15,25H,11-12,14H2,1-7H3,(H,23,27). The second-order valence-corrected chi connectivity index (χ2v) is 10.8. The van der Waals surface area contributed by atoms with Gasteiger partial charge in [0, 0.05) is 29.9 Å². The molecule has 8 heteroatoms. The monoisotopic (exact) mass is 434 g/mol. The van der Waals surface area contributed by atoms with E-state index in [4.69, 9.17) is 0 Å². The molecule has 2 N–H and O–H groups in total. The molecule has 0 saturated heterocycles. The Balaban J connectivity index is 2.05. The number of sulfonamides is 1. The molecule has 0 bridgehead atoms. The van der Waals surface area contributed by atoms with Gasteiger partial charge in [-0.3, -0.25) is 9.48 Å². The van der Waals surface area contributed by atoms with E-state index in [0.29, 0.717) is 24.4 Å². The molecule has 0 spiro atoms. The van der Waals surface area contributed by atoms with Gasteiger partial charge in [-0.15, -0.1) is 0 Å². The molecule has 166 valence electrons. The molecule has 30 heavy (non-hydrogen) atoms. The average Bonchev–Trinajstić information content (AvgIpc) is 2.84. The zero-order valence-electron chi connectivity index (χ0n) is 19.0. The van der Waals surface area contributed by atoms with Gasteiger partial charge in [0.05, 0.1) is 10.6 Å². The van der Waals surface area contributed by atoms with E-state index in [0.717, 1.165) is 23.5 Å². The van der Waals surface area contributed by atoms with Crippen molar-refractivity contribution in [3.63, 3.8) is 0 Å². The SMILES string of the molecule is Cc1nn(CC(C)C)c(C)c1CCC(=O)Nc1cccc(S(=O)(=O)NC(C)(C)C)c1. The minimum absolute atomic E-state index is 0.122. The maximum atomic E-state index is 12.5. The molecule has 1 amide bonds. The summed E-state index contributed by atoms with van der Waals surface area (Å²) in [6.07, 6.45) is 0.886. The summed E-state index contributed by atoms with van der Waals surface area (Å²) in [4.78, 5) is 12.6. The lowest BCUT2D eigenvalue weighted by Crippen LogP contribution is -2.40. The summed E-state index contributed by atoms with van der Waals surface area (Å²) in [6, 6.07) is 6.30. The third-order valence-electron chi connectivity index (χ3n) is 4.54. The number of carbonyl (C=O) groups is 1. The molecule has 0 aliphatic heterocycles. The van der Waals surface area contributed by atoms with E-state index in [1.807, 2.05) is 18.5 Å². The summed E-state index contributed by atoms with van der Waals surface area (Å²) < 4.78 is 29.7. The van der Waals surface area contributed by atoms with Crippen LogP contribution < -0.4 is 10.0 Å². The molecule has 0 radical (unpaired) electrons. The van der Waals surface area contributed by atoms with Crippen molar-refractivity contribution in [2.45, 2.75) is 78.3 Å². The fourth-order valence-electron chi connectivity index (χ4n) is 3.28. The number of anilines is 1. The van der Waals surface area contributed by atoms with Crippen LogP contribution in [0.2, 0.25) is 0 Å². The maximum absolute atomic E-state index is 12.5. The lowest BCUT2D eigenvalue weighted by molar-refractivity contribution is -0.116. The summed E-state index contributed by atoms with van der Waals surface area (Å²) in [7, 11) is -3.66. The van der Waals surface area contributed by atoms with Crippen molar-refractivity contribution in [2.24, 2.45) is 5.92 Å². The Hall–Kier alpha value is -2.19. The Morgan fingerprint density at radius 1 is 1.20 bits per heavy atom. The number of amides is 1. The fourth-order valence-corrected chi connectivity index (χ4v) is 4.75. The number of aromatic nitrogens is 2. The van der Waals surface area contributed by atoms with Crippen molar-refractivity contribution < 1.29 is 13.2 Å². The molecule has 0 aliphatic rings. The first-order valence-electron chi connectivity index (χ1n) is 10.3. The molecule has 1 heterocycles. The highest BCUT2D eigenvalue weighted by molar-refractivity contribution is 7.89. The largest absolute Gasteiger partial charge is 0.326 e. The Bertz CT molecular complexity index is 1000. The molecule has 0 fully saturated rings. The van der Waals surface area contributed by atoms with Crippen LogP contribution in [0.15, 0.2) is 29.2 Å². The number of aryl methyl sites for hydroxylation is 1. The van der Waals surface area contributed by atoms with Crippen LogP contribution >= 0.6 is 0 Å². The van der Waals surface area contributed by atoms with Crippen LogP contribution in [0, 0.1) is 19.8 Å². The first-order chi connectivity index (χ1) is 13.8. The summed E-state index contributed by atoms with van der Waals surface area (Å²) in [5, 5.41) is 7.40. The Morgan fingerprint density at radius 3 is 2.47 bits per heavy atom. The third kappa shape index (κ3) is 6.67. The Kier molecular flexibility index (Phi) is 7.47. The Labute approximate surface area is 180 Å². The van der Waals surface area contributed by atoms with Crippen LogP contribution in [0.4, 0.5) is 5.69 Å². The van der Waals surface area contributed by atoms with Gasteiger partial charge in [0.1, 0.15) is 0 Å². The smallest absolute Gasteiger partial charge is 0.241 e. The maximum Gasteiger partial charge on any atom is 0.241 e. The third-order valence-corrected chi connectivity index (χ3v) is 6.30. The van der Waals surface area contributed by atoms with Crippen LogP contribution in [-0.4, -0.2) is 29.6 Å². The zero-order valence-corrected chi connectivity index (χ0v) is 19.9. The second-order valence-electron chi connectivity index (χ2n) is 9.16. The molecule has 0 aliphatic carbocycles. The molecule has 0 atom stereocenters. The highest BCUT2D eigenvalue weighted by Gasteiger charge is 2.22. The number of hydrogen-bond acceptors (Lipinski definition) is 4. The van der Waals surface area contributed by atoms with Crippen LogP contribution in [0.5, 0.6) is 0 Å². The van der Waals surface area contributed by atoms with Gasteiger partial charge in [-0.25, -0.2) is 13.1 Å². The quantitative estimate of drug-likeness (QED) is 0.661. The average molecular weight is 435 g/mol. The number of nitrogens with one attached hydrogen (secondary N) is 2. The first-order valence-corrected chi connectivity index (χ1v) is 11.7. The van der Waals surface area contributed by atoms with Crippen molar-refractivity contribution in [3.8, 4) is 0 Å². The van der Waals surface area contributed by atoms with Crippen molar-refractivity contribution in [2.75, 3.05) is 5.32 Å². The van der Waals surface area contributed by atoms with Gasteiger partial charge >= 0.3 is 0 Å². The van der Waals surface area contributed by atoms with Gasteiger partial charge in [0.2, 0.25) is 15.9 Å². The van der Waals surface area contributed by atoms with E-state index in [-0.39, 0.29) is 10.8 Å². The molecule has 0 saturated carbocycles. The second kappa shape index (κ2) is 9.31. The molecule has 7 nitrogen and oxygen atoms in total. The number of hydrogen-bond donors (Lipinski definition) is 2. The van der Waals surface area contributed by atoms with Crippen LogP contribution in [-0.2, 0) is 27.8 Å². The van der Waals surface area contributed by atoms with E-state index in [1.54, 1.807) is 32.9 Å². The molecule has 1 aromatic carbocycles. The predicted octanol–water partition coefficient (Wildman–Crippen LogP) is 3.80. The van der Waals surface area contributed by atoms with Crippen molar-refractivity contribution in [3.05, 3.63) is 41.2 Å². The summed E-state index contributed by atoms with van der Waals surface area (Å²) in [5.74, 6) is 0.333. The highest BCUT2D eigenvalue weighted by atomic mass is 32.2. The van der Waals surface area contributed by atoms with Gasteiger partial charge in [0.15, 0.2) is 0 Å². The highest BCUT2D eigenvalue weighted by Crippen LogP contribution is 2.19. The molecular weight excluding hydrogens is 400 g/mol. The van der Waals surface area contributed by atoms with Gasteiger partial charge in [-0.2, -0.15) is 5.10 Å². The van der Waals surface area contributed by atoms with Crippen molar-refractivity contribution in [1.82, 2.24) is 14.5 Å². The van der Waals surface area contributed by atoms with E-state index in [1.165, 1.54) is 12.1 Å². The number of rotatable bonds is 8. The van der Waals surface area contributed by atoms with Crippen LogP contribution in [0.1, 0.15) is 58.0 Å². The van der Waals surface area contributed by atoms with Gasteiger partial charge in [0.25, 0.3) is 0 Å². The molecule has 1 aromatic heterocycles. The predicted molar refractivity (Wildman–Crippen MR) is 120 cm³/mol. The molecule has 2 rings (SSSR count). The van der Waals surface area contributed by atoms with Crippen LogP contribution in [0.25, 0.3) is 0 Å². The van der Waals surface area contributed by atoms with Crippen molar-refractivity contribution >= 4 is 21.6 Å². The number of benzene rings is 1. The van der Waals surface area contributed by atoms with E-state index < -0.39 is 15.6 Å². The first kappa shape index (κ1) is 24.1. The van der Waals surface area contributed by atoms with Gasteiger partial charge in [-0.1, -0.05) is 19.9 Å². The molecule has 2 aromatic rings. The number of nitrogens with zero attached hydrogens (tertiary/aromatic N) is 2. The summed E-state index contributed by atoms with van der Waals surface area (Å²) in [6.45, 7) is 14.5. The lowest BCUT2D eigenvalue weighted by Gasteiger charge is -2.20. The topological polar surface area (TPSA) is 93.1 Å². The molecular formula is C22H34N4O3S. The summed E-state index contributed by atoms with van der Waals surface area (Å²) in [5.41, 5.74) is 3.00. The lowest BCUT2D eigenvalue weighted by atomic mass is 10.1. The van der Waals surface area contributed by atoms with E-state index >= 15 is 0 Å². The van der Waals surface area contributed by atoms with Gasteiger partial charge < -0.3 is 5.32 Å². The van der Waals surface area contributed by atoms with Gasteiger partial charge in [-0.05, 0) is 70.7 Å². The fraction of sp³-hybridized carbons (Fsp3) is 0.545. The normalized spacial score (nSPS) is 12.4. The van der Waals surface area contributed by atoms with E-state index in [9.17, 15) is 13.2 Å².